The number of rotatable bonds is 5. The molecule has 2 aromatic rings. The molecule has 0 bridgehead atoms. The van der Waals surface area contributed by atoms with Crippen LogP contribution in [0.15, 0.2) is 71.9 Å². The molecule has 0 atom stereocenters. The summed E-state index contributed by atoms with van der Waals surface area (Å²) in [4.78, 5) is 15.4. The molecule has 2 rings (SSSR count). The van der Waals surface area contributed by atoms with Gasteiger partial charge in [0.1, 0.15) is 11.7 Å². The Bertz CT molecular complexity index is 696. The Morgan fingerprint density at radius 2 is 1.82 bits per heavy atom. The van der Waals surface area contributed by atoms with Crippen LogP contribution in [0.5, 0.6) is 0 Å². The highest BCUT2D eigenvalue weighted by atomic mass is 19.1. The van der Waals surface area contributed by atoms with E-state index in [1.807, 2.05) is 30.3 Å². The molecule has 0 heterocycles. The van der Waals surface area contributed by atoms with Crippen LogP contribution in [0.1, 0.15) is 5.56 Å². The minimum Gasteiger partial charge on any atom is -0.384 e. The fourth-order valence-corrected chi connectivity index (χ4v) is 1.78. The van der Waals surface area contributed by atoms with E-state index < -0.39 is 11.7 Å². The molecule has 0 fully saturated rings. The van der Waals surface area contributed by atoms with Crippen LogP contribution < -0.4 is 11.1 Å². The van der Waals surface area contributed by atoms with Crippen molar-refractivity contribution in [2.24, 2.45) is 10.7 Å². The van der Waals surface area contributed by atoms with Crippen LogP contribution >= 0.6 is 0 Å². The van der Waals surface area contributed by atoms with Crippen molar-refractivity contribution in [3.05, 3.63) is 78.3 Å². The summed E-state index contributed by atoms with van der Waals surface area (Å²) in [7, 11) is 0. The van der Waals surface area contributed by atoms with Crippen molar-refractivity contribution in [2.45, 2.75) is 6.42 Å². The van der Waals surface area contributed by atoms with Gasteiger partial charge in [0.2, 0.25) is 0 Å². The number of amidine groups is 1. The van der Waals surface area contributed by atoms with Crippen molar-refractivity contribution in [2.75, 3.05) is 5.32 Å². The van der Waals surface area contributed by atoms with Gasteiger partial charge in [-0.25, -0.2) is 4.39 Å². The summed E-state index contributed by atoms with van der Waals surface area (Å²) >= 11 is 0. The van der Waals surface area contributed by atoms with Crippen molar-refractivity contribution >= 4 is 17.4 Å². The van der Waals surface area contributed by atoms with Gasteiger partial charge in [-0.15, -0.1) is 0 Å². The minimum atomic E-state index is -0.494. The first-order chi connectivity index (χ1) is 10.6. The maximum absolute atomic E-state index is 13.4. The van der Waals surface area contributed by atoms with E-state index in [-0.39, 0.29) is 12.3 Å². The molecule has 0 saturated carbocycles. The van der Waals surface area contributed by atoms with E-state index in [1.54, 1.807) is 24.4 Å². The third kappa shape index (κ3) is 4.86. The Morgan fingerprint density at radius 3 is 2.55 bits per heavy atom. The molecule has 3 N–H and O–H groups in total. The number of anilines is 1. The Kier molecular flexibility index (Phi) is 5.43. The highest BCUT2D eigenvalue weighted by Crippen LogP contribution is 2.08. The normalized spacial score (nSPS) is 11.6. The SMILES string of the molecule is NC(/C=C\Nc1ccccc1)=NC(=O)Cc1ccccc1F. The number of carbonyl (C=O) groups is 1. The number of aliphatic imine (C=N–C) groups is 1. The number of hydrogen-bond acceptors (Lipinski definition) is 2. The van der Waals surface area contributed by atoms with Crippen LogP contribution in [0.25, 0.3) is 0 Å². The predicted molar refractivity (Wildman–Crippen MR) is 85.9 cm³/mol. The summed E-state index contributed by atoms with van der Waals surface area (Å²) in [5.74, 6) is -0.859. The van der Waals surface area contributed by atoms with Crippen molar-refractivity contribution in [3.8, 4) is 0 Å². The number of hydrogen-bond donors (Lipinski definition) is 2. The number of para-hydroxylation sites is 1. The maximum Gasteiger partial charge on any atom is 0.252 e. The molecule has 2 aromatic carbocycles. The summed E-state index contributed by atoms with van der Waals surface area (Å²) in [6.07, 6.45) is 2.95. The van der Waals surface area contributed by atoms with Gasteiger partial charge >= 0.3 is 0 Å². The quantitative estimate of drug-likeness (QED) is 0.658. The average Bonchev–Trinajstić information content (AvgIpc) is 2.50. The van der Waals surface area contributed by atoms with E-state index in [0.717, 1.165) is 5.69 Å². The molecule has 0 aliphatic carbocycles. The first-order valence-corrected chi connectivity index (χ1v) is 6.73. The monoisotopic (exact) mass is 297 g/mol. The van der Waals surface area contributed by atoms with E-state index in [9.17, 15) is 9.18 Å². The van der Waals surface area contributed by atoms with Crippen molar-refractivity contribution in [3.63, 3.8) is 0 Å². The number of amides is 1. The first-order valence-electron chi connectivity index (χ1n) is 6.73. The molecule has 0 aliphatic rings. The highest BCUT2D eigenvalue weighted by Gasteiger charge is 2.06. The van der Waals surface area contributed by atoms with Gasteiger partial charge < -0.3 is 11.1 Å². The van der Waals surface area contributed by atoms with Crippen LogP contribution in [-0.2, 0) is 11.2 Å². The smallest absolute Gasteiger partial charge is 0.252 e. The van der Waals surface area contributed by atoms with Crippen LogP contribution in [0.2, 0.25) is 0 Å². The van der Waals surface area contributed by atoms with Gasteiger partial charge in [0.25, 0.3) is 5.91 Å². The minimum absolute atomic E-state index is 0.0600. The van der Waals surface area contributed by atoms with Crippen LogP contribution in [0, 0.1) is 5.82 Å². The lowest BCUT2D eigenvalue weighted by Crippen LogP contribution is -2.13. The lowest BCUT2D eigenvalue weighted by atomic mass is 10.1. The molecule has 0 unspecified atom stereocenters. The molecule has 0 saturated heterocycles. The lowest BCUT2D eigenvalue weighted by molar-refractivity contribution is -0.117. The number of benzene rings is 2. The summed E-state index contributed by atoms with van der Waals surface area (Å²) in [6, 6.07) is 15.6. The Balaban J connectivity index is 1.91. The summed E-state index contributed by atoms with van der Waals surface area (Å²) in [6.45, 7) is 0. The number of halogens is 1. The number of carbonyl (C=O) groups excluding carboxylic acids is 1. The molecule has 22 heavy (non-hydrogen) atoms. The second-order valence-electron chi connectivity index (χ2n) is 4.54. The molecule has 5 heteroatoms. The van der Waals surface area contributed by atoms with Crippen LogP contribution in [0.3, 0.4) is 0 Å². The van der Waals surface area contributed by atoms with Gasteiger partial charge in [-0.1, -0.05) is 36.4 Å². The van der Waals surface area contributed by atoms with Crippen molar-refractivity contribution in [1.82, 2.24) is 0 Å². The standard InChI is InChI=1S/C17H16FN3O/c18-15-9-5-4-6-13(15)12-17(22)21-16(19)10-11-20-14-7-2-1-3-8-14/h1-11,20H,12H2,(H2,19,21,22)/b11-10-. The molecule has 0 spiro atoms. The Morgan fingerprint density at radius 1 is 1.14 bits per heavy atom. The Labute approximate surface area is 128 Å². The highest BCUT2D eigenvalue weighted by molar-refractivity contribution is 6.00. The van der Waals surface area contributed by atoms with Gasteiger partial charge in [0, 0.05) is 11.9 Å². The van der Waals surface area contributed by atoms with E-state index in [4.69, 9.17) is 5.73 Å². The average molecular weight is 297 g/mol. The van der Waals surface area contributed by atoms with Gasteiger partial charge in [0.05, 0.1) is 6.42 Å². The van der Waals surface area contributed by atoms with E-state index >= 15 is 0 Å². The number of nitrogens with one attached hydrogen (secondary N) is 1. The van der Waals surface area contributed by atoms with E-state index in [0.29, 0.717) is 5.56 Å². The van der Waals surface area contributed by atoms with Crippen molar-refractivity contribution in [1.29, 1.82) is 0 Å². The van der Waals surface area contributed by atoms with E-state index in [1.165, 1.54) is 12.1 Å². The molecule has 112 valence electrons. The van der Waals surface area contributed by atoms with Gasteiger partial charge in [-0.2, -0.15) is 4.99 Å². The Hall–Kier alpha value is -2.95. The molecule has 0 aromatic heterocycles. The zero-order valence-electron chi connectivity index (χ0n) is 11.9. The molecule has 4 nitrogen and oxygen atoms in total. The first kappa shape index (κ1) is 15.4. The molecule has 0 radical (unpaired) electrons. The lowest BCUT2D eigenvalue weighted by Gasteiger charge is -2.00. The number of nitrogens with zero attached hydrogens (tertiary/aromatic N) is 1. The van der Waals surface area contributed by atoms with Gasteiger partial charge in [-0.05, 0) is 29.8 Å². The van der Waals surface area contributed by atoms with Crippen LogP contribution in [-0.4, -0.2) is 11.7 Å². The van der Waals surface area contributed by atoms with Gasteiger partial charge in [0.15, 0.2) is 0 Å². The fraction of sp³-hybridized carbons (Fsp3) is 0.0588. The topological polar surface area (TPSA) is 67.5 Å². The van der Waals surface area contributed by atoms with E-state index in [2.05, 4.69) is 10.3 Å². The largest absolute Gasteiger partial charge is 0.384 e. The maximum atomic E-state index is 13.4. The zero-order chi connectivity index (χ0) is 15.8. The second kappa shape index (κ2) is 7.73. The number of nitrogens with two attached hydrogens (primary N) is 1. The molecular formula is C17H16FN3O. The fourth-order valence-electron chi connectivity index (χ4n) is 1.78. The molecule has 1 amide bonds. The van der Waals surface area contributed by atoms with Crippen molar-refractivity contribution < 1.29 is 9.18 Å². The summed E-state index contributed by atoms with van der Waals surface area (Å²) in [5.41, 5.74) is 6.83. The summed E-state index contributed by atoms with van der Waals surface area (Å²) in [5, 5.41) is 2.99. The van der Waals surface area contributed by atoms with Gasteiger partial charge in [-0.3, -0.25) is 4.79 Å². The molecule has 0 aliphatic heterocycles. The zero-order valence-corrected chi connectivity index (χ0v) is 11.9. The summed E-state index contributed by atoms with van der Waals surface area (Å²) < 4.78 is 13.4. The second-order valence-corrected chi connectivity index (χ2v) is 4.54. The third-order valence-corrected chi connectivity index (χ3v) is 2.83. The predicted octanol–water partition coefficient (Wildman–Crippen LogP) is 2.88. The van der Waals surface area contributed by atoms with Crippen LogP contribution in [0.4, 0.5) is 10.1 Å². The third-order valence-electron chi connectivity index (χ3n) is 2.83. The molecular weight excluding hydrogens is 281 g/mol.